The van der Waals surface area contributed by atoms with Crippen molar-refractivity contribution in [3.8, 4) is 0 Å². The molecule has 7 heteroatoms. The summed E-state index contributed by atoms with van der Waals surface area (Å²) >= 11 is 0. The lowest BCUT2D eigenvalue weighted by Gasteiger charge is -2.05. The van der Waals surface area contributed by atoms with E-state index in [1.165, 1.54) is 37.4 Å². The second-order valence-electron chi connectivity index (χ2n) is 5.10. The third-order valence-electron chi connectivity index (χ3n) is 3.27. The summed E-state index contributed by atoms with van der Waals surface area (Å²) in [5, 5.41) is 0. The number of ether oxygens (including phenoxy) is 1. The minimum Gasteiger partial charge on any atom is -0.466 e. The summed E-state index contributed by atoms with van der Waals surface area (Å²) in [6.45, 7) is 1.82. The Bertz CT molecular complexity index is 932. The summed E-state index contributed by atoms with van der Waals surface area (Å²) in [5.74, 6) is -1.37. The Labute approximate surface area is 145 Å². The highest BCUT2D eigenvalue weighted by Crippen LogP contribution is 2.17. The van der Waals surface area contributed by atoms with Crippen molar-refractivity contribution >= 4 is 21.7 Å². The second-order valence-corrected chi connectivity index (χ2v) is 6.71. The van der Waals surface area contributed by atoms with Crippen molar-refractivity contribution < 1.29 is 22.3 Å². The number of rotatable bonds is 5. The molecule has 0 saturated heterocycles. The molecule has 0 aliphatic carbocycles. The monoisotopic (exact) mass is 361 g/mol. The highest BCUT2D eigenvalue weighted by Gasteiger charge is 2.16. The van der Waals surface area contributed by atoms with E-state index in [4.69, 9.17) is 0 Å². The van der Waals surface area contributed by atoms with Crippen LogP contribution in [0, 0.1) is 12.7 Å². The highest BCUT2D eigenvalue weighted by atomic mass is 32.2. The fourth-order valence-electron chi connectivity index (χ4n) is 1.95. The Balaban J connectivity index is 2.56. The number of methoxy groups -OCH3 is 1. The smallest absolute Gasteiger partial charge is 0.330 e. The molecule has 0 atom stereocenters. The summed E-state index contributed by atoms with van der Waals surface area (Å²) in [6.07, 6.45) is 2.09. The van der Waals surface area contributed by atoms with E-state index >= 15 is 0 Å². The van der Waals surface area contributed by atoms with Crippen LogP contribution in [0.15, 0.2) is 70.0 Å². The summed E-state index contributed by atoms with van der Waals surface area (Å²) < 4.78 is 47.2. The van der Waals surface area contributed by atoms with Crippen LogP contribution in [0.1, 0.15) is 11.1 Å². The van der Waals surface area contributed by atoms with E-state index in [1.54, 1.807) is 18.2 Å². The molecule has 0 radical (unpaired) electrons. The Morgan fingerprint density at radius 3 is 2.32 bits per heavy atom. The number of halogens is 1. The standard InChI is InChI=1S/C18H16FNO4S/c1-13-7-9-14(10-8-13)25(22,23)20-17(11-12-18(21)24-2)15-5-3-4-6-16(15)19/h3-12H,1-2H3/b12-11+,20-17+. The number of allylic oxidation sites excluding steroid dienone is 1. The first-order valence-corrected chi connectivity index (χ1v) is 8.70. The van der Waals surface area contributed by atoms with E-state index < -0.39 is 21.8 Å². The Morgan fingerprint density at radius 2 is 1.72 bits per heavy atom. The van der Waals surface area contributed by atoms with Crippen LogP contribution < -0.4 is 0 Å². The fourth-order valence-corrected chi connectivity index (χ4v) is 2.95. The first kappa shape index (κ1) is 18.5. The molecule has 0 spiro atoms. The van der Waals surface area contributed by atoms with Gasteiger partial charge in [-0.1, -0.05) is 29.8 Å². The molecular weight excluding hydrogens is 345 g/mol. The van der Waals surface area contributed by atoms with Gasteiger partial charge in [0.15, 0.2) is 0 Å². The van der Waals surface area contributed by atoms with Gasteiger partial charge in [0.25, 0.3) is 10.0 Å². The number of sulfonamides is 1. The van der Waals surface area contributed by atoms with Crippen LogP contribution >= 0.6 is 0 Å². The summed E-state index contributed by atoms with van der Waals surface area (Å²) in [4.78, 5) is 11.3. The number of carbonyl (C=O) groups excluding carboxylic acids is 1. The maximum absolute atomic E-state index is 14.1. The summed E-state index contributed by atoms with van der Waals surface area (Å²) in [6, 6.07) is 11.7. The maximum Gasteiger partial charge on any atom is 0.330 e. The molecule has 0 aromatic heterocycles. The Kier molecular flexibility index (Phi) is 5.82. The van der Waals surface area contributed by atoms with Gasteiger partial charge in [0.05, 0.1) is 17.7 Å². The second kappa shape index (κ2) is 7.85. The molecule has 2 aromatic rings. The van der Waals surface area contributed by atoms with Crippen molar-refractivity contribution in [2.24, 2.45) is 4.40 Å². The molecule has 0 saturated carbocycles. The number of esters is 1. The quantitative estimate of drug-likeness (QED) is 0.466. The summed E-state index contributed by atoms with van der Waals surface area (Å²) in [5.41, 5.74) is 0.644. The van der Waals surface area contributed by atoms with Crippen LogP contribution in [0.5, 0.6) is 0 Å². The van der Waals surface area contributed by atoms with Gasteiger partial charge in [-0.05, 0) is 37.3 Å². The van der Waals surface area contributed by atoms with Gasteiger partial charge < -0.3 is 4.74 Å². The van der Waals surface area contributed by atoms with Gasteiger partial charge in [0, 0.05) is 11.6 Å². The fraction of sp³-hybridized carbons (Fsp3) is 0.111. The van der Waals surface area contributed by atoms with Crippen molar-refractivity contribution in [3.05, 3.63) is 77.6 Å². The van der Waals surface area contributed by atoms with Gasteiger partial charge in [0.2, 0.25) is 0 Å². The van der Waals surface area contributed by atoms with E-state index in [2.05, 4.69) is 9.13 Å². The van der Waals surface area contributed by atoms with Gasteiger partial charge in [0.1, 0.15) is 5.82 Å². The molecule has 0 amide bonds. The SMILES string of the molecule is COC(=O)/C=C/C(=N\S(=O)(=O)c1ccc(C)cc1)c1ccccc1F. The van der Waals surface area contributed by atoms with Crippen LogP contribution in [0.3, 0.4) is 0 Å². The number of hydrogen-bond donors (Lipinski definition) is 0. The van der Waals surface area contributed by atoms with Gasteiger partial charge in [-0.15, -0.1) is 0 Å². The molecule has 2 rings (SSSR count). The number of carbonyl (C=O) groups is 1. The predicted molar refractivity (Wildman–Crippen MR) is 92.5 cm³/mol. The largest absolute Gasteiger partial charge is 0.466 e. The minimum absolute atomic E-state index is 0.0293. The molecule has 2 aromatic carbocycles. The number of nitrogens with zero attached hydrogens (tertiary/aromatic N) is 1. The van der Waals surface area contributed by atoms with Crippen LogP contribution in [0.25, 0.3) is 0 Å². The zero-order valence-corrected chi connectivity index (χ0v) is 14.5. The van der Waals surface area contributed by atoms with Gasteiger partial charge in [-0.25, -0.2) is 9.18 Å². The van der Waals surface area contributed by atoms with Crippen LogP contribution in [-0.4, -0.2) is 27.2 Å². The lowest BCUT2D eigenvalue weighted by atomic mass is 10.1. The third kappa shape index (κ3) is 4.84. The van der Waals surface area contributed by atoms with E-state index in [0.717, 1.165) is 17.7 Å². The van der Waals surface area contributed by atoms with E-state index in [0.29, 0.717) is 0 Å². The van der Waals surface area contributed by atoms with Gasteiger partial charge in [-0.2, -0.15) is 12.8 Å². The normalized spacial score (nSPS) is 12.4. The van der Waals surface area contributed by atoms with Crippen molar-refractivity contribution in [1.29, 1.82) is 0 Å². The van der Waals surface area contributed by atoms with Crippen molar-refractivity contribution in [3.63, 3.8) is 0 Å². The zero-order valence-electron chi connectivity index (χ0n) is 13.6. The minimum atomic E-state index is -4.08. The number of benzene rings is 2. The van der Waals surface area contributed by atoms with E-state index in [9.17, 15) is 17.6 Å². The molecule has 0 bridgehead atoms. The van der Waals surface area contributed by atoms with Crippen molar-refractivity contribution in [2.45, 2.75) is 11.8 Å². The third-order valence-corrected chi connectivity index (χ3v) is 4.57. The van der Waals surface area contributed by atoms with E-state index in [1.807, 2.05) is 6.92 Å². The first-order valence-electron chi connectivity index (χ1n) is 7.26. The molecule has 25 heavy (non-hydrogen) atoms. The average molecular weight is 361 g/mol. The van der Waals surface area contributed by atoms with Crippen LogP contribution in [0.4, 0.5) is 4.39 Å². The van der Waals surface area contributed by atoms with Crippen molar-refractivity contribution in [2.75, 3.05) is 7.11 Å². The molecular formula is C18H16FNO4S. The summed E-state index contributed by atoms with van der Waals surface area (Å²) in [7, 11) is -2.90. The highest BCUT2D eigenvalue weighted by molar-refractivity contribution is 7.90. The van der Waals surface area contributed by atoms with Gasteiger partial charge >= 0.3 is 5.97 Å². The Morgan fingerprint density at radius 1 is 1.08 bits per heavy atom. The molecule has 130 valence electrons. The molecule has 0 N–H and O–H groups in total. The zero-order chi connectivity index (χ0) is 18.4. The number of aryl methyl sites for hydroxylation is 1. The topological polar surface area (TPSA) is 72.8 Å². The van der Waals surface area contributed by atoms with Gasteiger partial charge in [-0.3, -0.25) is 0 Å². The van der Waals surface area contributed by atoms with Crippen LogP contribution in [0.2, 0.25) is 0 Å². The lowest BCUT2D eigenvalue weighted by Crippen LogP contribution is -2.07. The number of hydrogen-bond acceptors (Lipinski definition) is 4. The molecule has 0 aliphatic rings. The molecule has 5 nitrogen and oxygen atoms in total. The Hall–Kier alpha value is -2.80. The van der Waals surface area contributed by atoms with Crippen molar-refractivity contribution in [1.82, 2.24) is 0 Å². The maximum atomic E-state index is 14.1. The molecule has 0 unspecified atom stereocenters. The molecule has 0 heterocycles. The lowest BCUT2D eigenvalue weighted by molar-refractivity contribution is -0.134. The predicted octanol–water partition coefficient (Wildman–Crippen LogP) is 3.04. The molecule has 0 fully saturated rings. The first-order chi connectivity index (χ1) is 11.8. The average Bonchev–Trinajstić information content (AvgIpc) is 2.59. The van der Waals surface area contributed by atoms with E-state index in [-0.39, 0.29) is 16.2 Å². The molecule has 0 aliphatic heterocycles. The van der Waals surface area contributed by atoms with Crippen LogP contribution in [-0.2, 0) is 19.6 Å².